The molecule has 1 saturated heterocycles. The first kappa shape index (κ1) is 9.84. The van der Waals surface area contributed by atoms with Crippen LogP contribution in [0.1, 0.15) is 13.3 Å². The zero-order valence-corrected chi connectivity index (χ0v) is 6.64. The van der Waals surface area contributed by atoms with Crippen LogP contribution in [0, 0.1) is 0 Å². The first-order chi connectivity index (χ1) is 4.34. The number of piperazine rings is 1. The van der Waals surface area contributed by atoms with Gasteiger partial charge in [0.2, 0.25) is 0 Å². The van der Waals surface area contributed by atoms with Crippen molar-refractivity contribution < 1.29 is 0 Å². The molecule has 10 heavy (non-hydrogen) atoms. The number of hydrazine groups is 1. The summed E-state index contributed by atoms with van der Waals surface area (Å²) in [6.07, 6.45) is 1.14. The van der Waals surface area contributed by atoms with E-state index in [-0.39, 0.29) is 6.15 Å². The van der Waals surface area contributed by atoms with Gasteiger partial charge in [0.05, 0.1) is 0 Å². The van der Waals surface area contributed by atoms with Crippen molar-refractivity contribution in [2.45, 2.75) is 19.4 Å². The molecule has 0 aliphatic carbocycles. The lowest BCUT2D eigenvalue weighted by molar-refractivity contribution is 0.160. The Labute approximate surface area is 62.3 Å². The summed E-state index contributed by atoms with van der Waals surface area (Å²) in [5.74, 6) is 5.68. The fraction of sp³-hybridized carbons (Fsp3) is 1.00. The fourth-order valence-electron chi connectivity index (χ4n) is 1.16. The van der Waals surface area contributed by atoms with Crippen molar-refractivity contribution >= 4 is 0 Å². The third kappa shape index (κ3) is 2.22. The SMILES string of the molecule is CCC1CNCCN1N.N. The van der Waals surface area contributed by atoms with Gasteiger partial charge in [-0.3, -0.25) is 5.84 Å². The molecule has 0 amide bonds. The highest BCUT2D eigenvalue weighted by Crippen LogP contribution is 1.99. The molecule has 4 nitrogen and oxygen atoms in total. The van der Waals surface area contributed by atoms with E-state index in [9.17, 15) is 0 Å². The third-order valence-corrected chi connectivity index (χ3v) is 1.87. The van der Waals surface area contributed by atoms with E-state index in [4.69, 9.17) is 5.84 Å². The Kier molecular flexibility index (Phi) is 4.55. The maximum Gasteiger partial charge on any atom is 0.0363 e. The lowest BCUT2D eigenvalue weighted by Gasteiger charge is -2.31. The minimum absolute atomic E-state index is 0. The Bertz CT molecular complexity index is 85.8. The lowest BCUT2D eigenvalue weighted by atomic mass is 10.2. The van der Waals surface area contributed by atoms with Crippen LogP contribution in [-0.2, 0) is 0 Å². The molecule has 1 rings (SSSR count). The molecular formula is C6H18N4. The number of hydrogen-bond donors (Lipinski definition) is 3. The predicted octanol–water partition coefficient (Wildman–Crippen LogP) is -0.294. The van der Waals surface area contributed by atoms with Crippen LogP contribution >= 0.6 is 0 Å². The van der Waals surface area contributed by atoms with Crippen LogP contribution in [0.2, 0.25) is 0 Å². The number of hydrogen-bond acceptors (Lipinski definition) is 4. The Morgan fingerprint density at radius 1 is 1.70 bits per heavy atom. The van der Waals surface area contributed by atoms with E-state index in [0.29, 0.717) is 6.04 Å². The average Bonchev–Trinajstić information content (AvgIpc) is 1.89. The Hall–Kier alpha value is -0.160. The highest BCUT2D eigenvalue weighted by Gasteiger charge is 2.15. The van der Waals surface area contributed by atoms with Crippen molar-refractivity contribution in [1.29, 1.82) is 0 Å². The first-order valence-corrected chi connectivity index (χ1v) is 3.56. The summed E-state index contributed by atoms with van der Waals surface area (Å²) in [4.78, 5) is 0. The van der Waals surface area contributed by atoms with E-state index >= 15 is 0 Å². The first-order valence-electron chi connectivity index (χ1n) is 3.56. The predicted molar refractivity (Wildman–Crippen MR) is 42.9 cm³/mol. The van der Waals surface area contributed by atoms with Crippen LogP contribution in [0.3, 0.4) is 0 Å². The van der Waals surface area contributed by atoms with Gasteiger partial charge in [0.15, 0.2) is 0 Å². The molecule has 1 aliphatic rings. The summed E-state index contributed by atoms with van der Waals surface area (Å²) in [6.45, 7) is 5.23. The Morgan fingerprint density at radius 3 is 2.80 bits per heavy atom. The highest BCUT2D eigenvalue weighted by molar-refractivity contribution is 4.73. The molecule has 0 saturated carbocycles. The van der Waals surface area contributed by atoms with Gasteiger partial charge in [0, 0.05) is 25.7 Å². The maximum absolute atomic E-state index is 5.68. The van der Waals surface area contributed by atoms with Crippen molar-refractivity contribution in [2.24, 2.45) is 5.84 Å². The molecule has 62 valence electrons. The quantitative estimate of drug-likeness (QED) is 0.444. The Morgan fingerprint density at radius 2 is 2.40 bits per heavy atom. The molecule has 0 radical (unpaired) electrons. The van der Waals surface area contributed by atoms with Crippen molar-refractivity contribution in [3.63, 3.8) is 0 Å². The molecule has 1 aliphatic heterocycles. The molecule has 0 bridgehead atoms. The summed E-state index contributed by atoms with van der Waals surface area (Å²) in [5, 5.41) is 5.22. The molecule has 1 atom stereocenters. The van der Waals surface area contributed by atoms with Gasteiger partial charge in [-0.05, 0) is 6.42 Å². The molecule has 1 unspecified atom stereocenters. The minimum atomic E-state index is 0. The molecular weight excluding hydrogens is 128 g/mol. The second-order valence-corrected chi connectivity index (χ2v) is 2.50. The topological polar surface area (TPSA) is 76.3 Å². The molecule has 4 heteroatoms. The summed E-state index contributed by atoms with van der Waals surface area (Å²) < 4.78 is 0. The summed E-state index contributed by atoms with van der Waals surface area (Å²) in [7, 11) is 0. The van der Waals surface area contributed by atoms with Crippen LogP contribution in [0.25, 0.3) is 0 Å². The monoisotopic (exact) mass is 146 g/mol. The summed E-state index contributed by atoms with van der Waals surface area (Å²) in [5.41, 5.74) is 0. The zero-order valence-electron chi connectivity index (χ0n) is 6.64. The van der Waals surface area contributed by atoms with Gasteiger partial charge in [-0.1, -0.05) is 6.92 Å². The summed E-state index contributed by atoms with van der Waals surface area (Å²) >= 11 is 0. The Balaban J connectivity index is 0.000000810. The standard InChI is InChI=1S/C6H15N3.H3N/c1-2-6-5-8-3-4-9(6)7;/h6,8H,2-5,7H2,1H3;1H3. The van der Waals surface area contributed by atoms with E-state index in [1.165, 1.54) is 0 Å². The van der Waals surface area contributed by atoms with E-state index in [1.54, 1.807) is 0 Å². The van der Waals surface area contributed by atoms with Gasteiger partial charge in [-0.2, -0.15) is 0 Å². The molecule has 0 aromatic carbocycles. The zero-order chi connectivity index (χ0) is 6.69. The largest absolute Gasteiger partial charge is 0.344 e. The molecule has 1 fully saturated rings. The number of nitrogens with one attached hydrogen (secondary N) is 1. The number of nitrogens with two attached hydrogens (primary N) is 1. The number of nitrogens with zero attached hydrogens (tertiary/aromatic N) is 1. The minimum Gasteiger partial charge on any atom is -0.344 e. The van der Waals surface area contributed by atoms with E-state index in [1.807, 2.05) is 5.01 Å². The second-order valence-electron chi connectivity index (χ2n) is 2.50. The van der Waals surface area contributed by atoms with Gasteiger partial charge in [-0.25, -0.2) is 5.01 Å². The van der Waals surface area contributed by atoms with Crippen molar-refractivity contribution in [3.05, 3.63) is 0 Å². The van der Waals surface area contributed by atoms with Crippen LogP contribution in [-0.4, -0.2) is 30.7 Å². The van der Waals surface area contributed by atoms with Gasteiger partial charge < -0.3 is 11.5 Å². The molecule has 0 aromatic heterocycles. The molecule has 6 N–H and O–H groups in total. The molecule has 0 spiro atoms. The molecule has 1 heterocycles. The van der Waals surface area contributed by atoms with Gasteiger partial charge in [0.25, 0.3) is 0 Å². The highest BCUT2D eigenvalue weighted by atomic mass is 15.4. The van der Waals surface area contributed by atoms with Crippen molar-refractivity contribution in [3.8, 4) is 0 Å². The number of rotatable bonds is 1. The lowest BCUT2D eigenvalue weighted by Crippen LogP contribution is -2.54. The second kappa shape index (κ2) is 4.62. The third-order valence-electron chi connectivity index (χ3n) is 1.87. The van der Waals surface area contributed by atoms with Gasteiger partial charge in [-0.15, -0.1) is 0 Å². The maximum atomic E-state index is 5.68. The van der Waals surface area contributed by atoms with Crippen molar-refractivity contribution in [2.75, 3.05) is 19.6 Å². The van der Waals surface area contributed by atoms with Gasteiger partial charge >= 0.3 is 0 Å². The van der Waals surface area contributed by atoms with Crippen LogP contribution in [0.15, 0.2) is 0 Å². The van der Waals surface area contributed by atoms with Crippen LogP contribution in [0.4, 0.5) is 0 Å². The van der Waals surface area contributed by atoms with E-state index in [2.05, 4.69) is 12.2 Å². The average molecular weight is 146 g/mol. The smallest absolute Gasteiger partial charge is 0.0363 e. The fourth-order valence-corrected chi connectivity index (χ4v) is 1.16. The van der Waals surface area contributed by atoms with E-state index in [0.717, 1.165) is 26.1 Å². The molecule has 0 aromatic rings. The van der Waals surface area contributed by atoms with E-state index < -0.39 is 0 Å². The van der Waals surface area contributed by atoms with Crippen LogP contribution < -0.4 is 17.3 Å². The van der Waals surface area contributed by atoms with Crippen molar-refractivity contribution in [1.82, 2.24) is 16.5 Å². The van der Waals surface area contributed by atoms with Crippen LogP contribution in [0.5, 0.6) is 0 Å². The summed E-state index contributed by atoms with van der Waals surface area (Å²) in [6, 6.07) is 0.554. The normalized spacial score (nSPS) is 27.6. The van der Waals surface area contributed by atoms with Gasteiger partial charge in [0.1, 0.15) is 0 Å².